The van der Waals surface area contributed by atoms with E-state index in [9.17, 15) is 4.79 Å². The van der Waals surface area contributed by atoms with Crippen molar-refractivity contribution in [2.75, 3.05) is 0 Å². The van der Waals surface area contributed by atoms with Gasteiger partial charge in [-0.25, -0.2) is 9.78 Å². The molecule has 90 valence electrons. The Morgan fingerprint density at radius 1 is 1.59 bits per heavy atom. The summed E-state index contributed by atoms with van der Waals surface area (Å²) in [4.78, 5) is 16.1. The summed E-state index contributed by atoms with van der Waals surface area (Å²) in [6, 6.07) is 3.73. The van der Waals surface area contributed by atoms with Gasteiger partial charge in [-0.2, -0.15) is 0 Å². The van der Waals surface area contributed by atoms with Crippen LogP contribution >= 0.6 is 27.3 Å². The van der Waals surface area contributed by atoms with Crippen LogP contribution in [0.4, 0.5) is 0 Å². The third-order valence-corrected chi connectivity index (χ3v) is 3.77. The highest BCUT2D eigenvalue weighted by Crippen LogP contribution is 2.32. The molecule has 0 saturated heterocycles. The molecule has 4 nitrogen and oxygen atoms in total. The lowest BCUT2D eigenvalue weighted by molar-refractivity contribution is 0.0662. The second kappa shape index (κ2) is 5.01. The zero-order chi connectivity index (χ0) is 12.4. The van der Waals surface area contributed by atoms with Gasteiger partial charge in [0.25, 0.3) is 0 Å². The van der Waals surface area contributed by atoms with E-state index < -0.39 is 5.97 Å². The summed E-state index contributed by atoms with van der Waals surface area (Å²) in [5.41, 5.74) is 0.513. The molecule has 0 aliphatic heterocycles. The molecule has 0 aliphatic rings. The molecule has 0 spiro atoms. The molecule has 2 rings (SSSR count). The van der Waals surface area contributed by atoms with E-state index in [1.54, 1.807) is 0 Å². The molecule has 0 unspecified atom stereocenters. The number of halogens is 1. The Kier molecular flexibility index (Phi) is 3.63. The number of carbonyl (C=O) groups is 1. The van der Waals surface area contributed by atoms with E-state index in [2.05, 4.69) is 20.9 Å². The summed E-state index contributed by atoms with van der Waals surface area (Å²) < 4.78 is 6.27. The predicted molar refractivity (Wildman–Crippen MR) is 68.5 cm³/mol. The fourth-order valence-electron chi connectivity index (χ4n) is 1.46. The number of carboxylic acids is 1. The smallest absolute Gasteiger partial charge is 0.373 e. The van der Waals surface area contributed by atoms with E-state index in [4.69, 9.17) is 9.52 Å². The molecule has 0 aliphatic carbocycles. The number of hydrogen-bond acceptors (Lipinski definition) is 4. The lowest BCUT2D eigenvalue weighted by Gasteiger charge is -1.91. The van der Waals surface area contributed by atoms with Crippen LogP contribution in [0, 0.1) is 0 Å². The molecule has 2 heterocycles. The van der Waals surface area contributed by atoms with Crippen molar-refractivity contribution in [3.63, 3.8) is 0 Å². The number of oxazole rings is 1. The van der Waals surface area contributed by atoms with E-state index in [-0.39, 0.29) is 5.76 Å². The van der Waals surface area contributed by atoms with Crippen molar-refractivity contribution in [2.24, 2.45) is 0 Å². The van der Waals surface area contributed by atoms with Crippen LogP contribution < -0.4 is 0 Å². The summed E-state index contributed by atoms with van der Waals surface area (Å²) in [6.07, 6.45) is 1.44. The number of aryl methyl sites for hydroxylation is 1. The maximum Gasteiger partial charge on any atom is 0.373 e. The second-order valence-corrected chi connectivity index (χ2v) is 5.92. The lowest BCUT2D eigenvalue weighted by atomic mass is 10.2. The molecule has 0 amide bonds. The number of hydrogen-bond donors (Lipinski definition) is 1. The Morgan fingerprint density at radius 2 is 2.35 bits per heavy atom. The average Bonchev–Trinajstić information content (AvgIpc) is 2.85. The van der Waals surface area contributed by atoms with E-state index in [0.29, 0.717) is 18.0 Å². The summed E-state index contributed by atoms with van der Waals surface area (Å²) in [6.45, 7) is 1.97. The average molecular weight is 316 g/mol. The van der Waals surface area contributed by atoms with Crippen molar-refractivity contribution in [1.29, 1.82) is 0 Å². The molecule has 2 aromatic heterocycles. The highest BCUT2D eigenvalue weighted by Gasteiger charge is 2.20. The maximum atomic E-state index is 11.0. The van der Waals surface area contributed by atoms with E-state index in [1.807, 2.05) is 19.1 Å². The van der Waals surface area contributed by atoms with Gasteiger partial charge in [-0.3, -0.25) is 0 Å². The van der Waals surface area contributed by atoms with Crippen LogP contribution in [0.1, 0.15) is 29.6 Å². The first-order valence-corrected chi connectivity index (χ1v) is 6.71. The van der Waals surface area contributed by atoms with Crippen molar-refractivity contribution in [3.8, 4) is 10.8 Å². The zero-order valence-electron chi connectivity index (χ0n) is 9.07. The SMILES string of the molecule is CCCc1nc(-c2ccc(Br)s2)oc1C(=O)O. The van der Waals surface area contributed by atoms with Gasteiger partial charge >= 0.3 is 5.97 Å². The topological polar surface area (TPSA) is 63.3 Å². The number of rotatable bonds is 4. The Morgan fingerprint density at radius 3 is 2.88 bits per heavy atom. The van der Waals surface area contributed by atoms with Gasteiger partial charge in [0.1, 0.15) is 0 Å². The molecule has 17 heavy (non-hydrogen) atoms. The van der Waals surface area contributed by atoms with Gasteiger partial charge in [-0.15, -0.1) is 11.3 Å². The van der Waals surface area contributed by atoms with Crippen LogP contribution in [0.3, 0.4) is 0 Å². The third kappa shape index (κ3) is 2.58. The van der Waals surface area contributed by atoms with Gasteiger partial charge in [0.15, 0.2) is 0 Å². The quantitative estimate of drug-likeness (QED) is 0.931. The van der Waals surface area contributed by atoms with E-state index >= 15 is 0 Å². The number of aromatic carboxylic acids is 1. The molecule has 0 saturated carbocycles. The molecule has 1 N–H and O–H groups in total. The normalized spacial score (nSPS) is 10.7. The van der Waals surface area contributed by atoms with Gasteiger partial charge < -0.3 is 9.52 Å². The Balaban J connectivity index is 2.43. The largest absolute Gasteiger partial charge is 0.475 e. The van der Waals surface area contributed by atoms with Gasteiger partial charge in [-0.1, -0.05) is 13.3 Å². The fourth-order valence-corrected chi connectivity index (χ4v) is 2.77. The van der Waals surface area contributed by atoms with Crippen molar-refractivity contribution in [2.45, 2.75) is 19.8 Å². The molecule has 0 bridgehead atoms. The summed E-state index contributed by atoms with van der Waals surface area (Å²) >= 11 is 4.81. The molecule has 0 aromatic carbocycles. The lowest BCUT2D eigenvalue weighted by Crippen LogP contribution is -1.99. The van der Waals surface area contributed by atoms with Gasteiger partial charge in [0.2, 0.25) is 11.7 Å². The molecule has 2 aromatic rings. The number of thiophene rings is 1. The number of aromatic nitrogens is 1. The van der Waals surface area contributed by atoms with Crippen LogP contribution in [0.15, 0.2) is 20.3 Å². The van der Waals surface area contributed by atoms with Crippen molar-refractivity contribution < 1.29 is 14.3 Å². The second-order valence-electron chi connectivity index (χ2n) is 3.45. The Bertz CT molecular complexity index is 547. The van der Waals surface area contributed by atoms with Crippen LogP contribution in [0.5, 0.6) is 0 Å². The van der Waals surface area contributed by atoms with E-state index in [1.165, 1.54) is 11.3 Å². The molecular formula is C11H10BrNO3S. The highest BCUT2D eigenvalue weighted by atomic mass is 79.9. The molecule has 0 radical (unpaired) electrons. The minimum absolute atomic E-state index is 0.0497. The van der Waals surface area contributed by atoms with Crippen molar-refractivity contribution in [3.05, 3.63) is 27.4 Å². The monoisotopic (exact) mass is 315 g/mol. The molecule has 6 heteroatoms. The first kappa shape index (κ1) is 12.3. The summed E-state index contributed by atoms with van der Waals surface area (Å²) in [5, 5.41) is 9.02. The van der Waals surface area contributed by atoms with Gasteiger partial charge in [-0.05, 0) is 34.5 Å². The maximum absolute atomic E-state index is 11.0. The van der Waals surface area contributed by atoms with Crippen LogP contribution in [0.25, 0.3) is 10.8 Å². The predicted octanol–water partition coefficient (Wildman–Crippen LogP) is 3.82. The number of carboxylic acid groups (broad SMARTS) is 1. The first-order valence-electron chi connectivity index (χ1n) is 5.10. The van der Waals surface area contributed by atoms with Crippen LogP contribution in [-0.2, 0) is 6.42 Å². The van der Waals surface area contributed by atoms with Gasteiger partial charge in [0.05, 0.1) is 14.4 Å². The standard InChI is InChI=1S/C11H10BrNO3S/c1-2-3-6-9(11(14)15)16-10(13-6)7-4-5-8(12)17-7/h4-5H,2-3H2,1H3,(H,14,15). The Hall–Kier alpha value is -1.14. The third-order valence-electron chi connectivity index (χ3n) is 2.16. The zero-order valence-corrected chi connectivity index (χ0v) is 11.5. The van der Waals surface area contributed by atoms with Crippen molar-refractivity contribution >= 4 is 33.2 Å². The van der Waals surface area contributed by atoms with Crippen LogP contribution in [0.2, 0.25) is 0 Å². The van der Waals surface area contributed by atoms with E-state index in [0.717, 1.165) is 15.1 Å². The summed E-state index contributed by atoms with van der Waals surface area (Å²) in [5.74, 6) is -0.740. The minimum atomic E-state index is -1.07. The Labute approximate surface area is 110 Å². The fraction of sp³-hybridized carbons (Fsp3) is 0.273. The molecule has 0 fully saturated rings. The van der Waals surface area contributed by atoms with Gasteiger partial charge in [0, 0.05) is 0 Å². The van der Waals surface area contributed by atoms with Crippen LogP contribution in [-0.4, -0.2) is 16.1 Å². The summed E-state index contributed by atoms with van der Waals surface area (Å²) in [7, 11) is 0. The van der Waals surface area contributed by atoms with Crippen molar-refractivity contribution in [1.82, 2.24) is 4.98 Å². The molecule has 0 atom stereocenters. The highest BCUT2D eigenvalue weighted by molar-refractivity contribution is 9.11. The number of nitrogens with zero attached hydrogens (tertiary/aromatic N) is 1. The molecular weight excluding hydrogens is 306 g/mol. The first-order chi connectivity index (χ1) is 8.11. The minimum Gasteiger partial charge on any atom is -0.475 e.